The minimum Gasteiger partial charge on any atom is -0.303 e. The van der Waals surface area contributed by atoms with E-state index in [1.165, 1.54) is 6.42 Å². The first-order chi connectivity index (χ1) is 8.89. The van der Waals surface area contributed by atoms with E-state index in [2.05, 4.69) is 46.5 Å². The molecule has 2 atom stereocenters. The molecule has 0 saturated heterocycles. The van der Waals surface area contributed by atoms with E-state index < -0.39 is 0 Å². The summed E-state index contributed by atoms with van der Waals surface area (Å²) in [5.41, 5.74) is 0.360. The zero-order chi connectivity index (χ0) is 14.5. The number of carbonyl (C=O) groups is 1. The molecule has 0 aliphatic heterocycles. The second kappa shape index (κ2) is 6.60. The fraction of sp³-hybridized carbons (Fsp3) is 0.833. The Bertz CT molecular complexity index is 352. The highest BCUT2D eigenvalue weighted by Crippen LogP contribution is 2.48. The molecule has 0 aromatic rings. The maximum atomic E-state index is 11.1. The Hall–Kier alpha value is -0.770. The fourth-order valence-corrected chi connectivity index (χ4v) is 3.14. The van der Waals surface area contributed by atoms with Gasteiger partial charge in [-0.2, -0.15) is 0 Å². The third kappa shape index (κ3) is 3.85. The molecule has 0 aromatic heterocycles. The molecule has 1 aliphatic carbocycles. The minimum absolute atomic E-state index is 0.169. The second-order valence-corrected chi connectivity index (χ2v) is 6.95. The molecule has 1 nitrogen and oxygen atoms in total. The van der Waals surface area contributed by atoms with E-state index in [9.17, 15) is 4.79 Å². The van der Waals surface area contributed by atoms with E-state index in [1.807, 2.05) is 0 Å². The van der Waals surface area contributed by atoms with Gasteiger partial charge in [-0.3, -0.25) is 0 Å². The predicted molar refractivity (Wildman–Crippen MR) is 81.8 cm³/mol. The van der Waals surface area contributed by atoms with Crippen molar-refractivity contribution in [1.29, 1.82) is 0 Å². The van der Waals surface area contributed by atoms with Gasteiger partial charge in [-0.1, -0.05) is 33.6 Å². The van der Waals surface area contributed by atoms with Crippen LogP contribution in [0.25, 0.3) is 0 Å². The Morgan fingerprint density at radius 2 is 1.89 bits per heavy atom. The van der Waals surface area contributed by atoms with E-state index in [4.69, 9.17) is 0 Å². The molecule has 0 radical (unpaired) electrons. The lowest BCUT2D eigenvalue weighted by atomic mass is 9.74. The van der Waals surface area contributed by atoms with Gasteiger partial charge in [0.2, 0.25) is 0 Å². The summed E-state index contributed by atoms with van der Waals surface area (Å²) in [4.78, 5) is 11.1. The third-order valence-corrected chi connectivity index (χ3v) is 5.57. The van der Waals surface area contributed by atoms with Gasteiger partial charge in [0, 0.05) is 17.8 Å². The van der Waals surface area contributed by atoms with Gasteiger partial charge >= 0.3 is 0 Å². The van der Waals surface area contributed by atoms with Crippen LogP contribution in [0.2, 0.25) is 0 Å². The molecule has 0 amide bonds. The van der Waals surface area contributed by atoms with Crippen LogP contribution in [0.3, 0.4) is 0 Å². The van der Waals surface area contributed by atoms with Gasteiger partial charge in [0.25, 0.3) is 0 Å². The Morgan fingerprint density at radius 3 is 2.37 bits per heavy atom. The van der Waals surface area contributed by atoms with Gasteiger partial charge in [0.15, 0.2) is 0 Å². The van der Waals surface area contributed by atoms with Crippen LogP contribution in [0.1, 0.15) is 73.1 Å². The van der Waals surface area contributed by atoms with E-state index in [0.29, 0.717) is 5.92 Å². The van der Waals surface area contributed by atoms with Gasteiger partial charge in [0.1, 0.15) is 6.29 Å². The monoisotopic (exact) mass is 262 g/mol. The number of carbonyl (C=O) groups excluding carboxylic acids is 1. The van der Waals surface area contributed by atoms with Gasteiger partial charge < -0.3 is 4.79 Å². The van der Waals surface area contributed by atoms with E-state index >= 15 is 0 Å². The first kappa shape index (κ1) is 16.3. The Morgan fingerprint density at radius 1 is 1.26 bits per heavy atom. The van der Waals surface area contributed by atoms with Crippen molar-refractivity contribution in [2.75, 3.05) is 0 Å². The van der Waals surface area contributed by atoms with Crippen molar-refractivity contribution in [2.24, 2.45) is 22.7 Å². The lowest BCUT2D eigenvalue weighted by Crippen LogP contribution is -2.25. The summed E-state index contributed by atoms with van der Waals surface area (Å²) < 4.78 is 0. The Labute approximate surface area is 119 Å². The van der Waals surface area contributed by atoms with Crippen LogP contribution in [0.5, 0.6) is 0 Å². The molecule has 0 N–H and O–H groups in total. The van der Waals surface area contributed by atoms with Crippen molar-refractivity contribution in [2.45, 2.75) is 73.1 Å². The van der Waals surface area contributed by atoms with Crippen LogP contribution >= 0.6 is 0 Å². The maximum Gasteiger partial charge on any atom is 0.123 e. The lowest BCUT2D eigenvalue weighted by Gasteiger charge is -2.30. The fourth-order valence-electron chi connectivity index (χ4n) is 3.14. The third-order valence-electron chi connectivity index (χ3n) is 5.57. The second-order valence-electron chi connectivity index (χ2n) is 6.95. The van der Waals surface area contributed by atoms with Crippen molar-refractivity contribution in [3.63, 3.8) is 0 Å². The summed E-state index contributed by atoms with van der Waals surface area (Å²) in [7, 11) is 0. The van der Waals surface area contributed by atoms with Crippen LogP contribution in [-0.4, -0.2) is 6.29 Å². The number of hydrogen-bond donors (Lipinski definition) is 0. The zero-order valence-electron chi connectivity index (χ0n) is 13.4. The van der Waals surface area contributed by atoms with Crippen LogP contribution in [-0.2, 0) is 4.79 Å². The topological polar surface area (TPSA) is 17.1 Å². The van der Waals surface area contributed by atoms with Crippen LogP contribution in [0, 0.1) is 34.5 Å². The number of rotatable bonds is 5. The summed E-state index contributed by atoms with van der Waals surface area (Å²) >= 11 is 0. The molecule has 1 fully saturated rings. The smallest absolute Gasteiger partial charge is 0.123 e. The molecular weight excluding hydrogens is 232 g/mol. The average molecular weight is 262 g/mol. The van der Waals surface area contributed by atoms with Crippen molar-refractivity contribution in [3.8, 4) is 11.8 Å². The molecule has 1 aliphatic rings. The first-order valence-electron chi connectivity index (χ1n) is 7.85. The molecule has 1 rings (SSSR count). The summed E-state index contributed by atoms with van der Waals surface area (Å²) in [6, 6.07) is 0. The number of aldehydes is 1. The van der Waals surface area contributed by atoms with Gasteiger partial charge in [-0.25, -0.2) is 0 Å². The van der Waals surface area contributed by atoms with Gasteiger partial charge in [-0.05, 0) is 50.4 Å². The van der Waals surface area contributed by atoms with Crippen LogP contribution in [0.15, 0.2) is 0 Å². The van der Waals surface area contributed by atoms with Crippen LogP contribution in [0.4, 0.5) is 0 Å². The molecule has 2 unspecified atom stereocenters. The summed E-state index contributed by atoms with van der Waals surface area (Å²) in [5, 5.41) is 0. The van der Waals surface area contributed by atoms with Gasteiger partial charge in [0.05, 0.1) is 0 Å². The van der Waals surface area contributed by atoms with E-state index in [1.54, 1.807) is 0 Å². The lowest BCUT2D eigenvalue weighted by molar-refractivity contribution is -0.113. The molecule has 19 heavy (non-hydrogen) atoms. The quantitative estimate of drug-likeness (QED) is 0.511. The molecule has 0 aromatic carbocycles. The normalized spacial score (nSPS) is 25.7. The summed E-state index contributed by atoms with van der Waals surface area (Å²) in [6.45, 7) is 11.2. The molecule has 0 heterocycles. The van der Waals surface area contributed by atoms with E-state index in [0.717, 1.165) is 38.4 Å². The minimum atomic E-state index is 0.169. The van der Waals surface area contributed by atoms with Crippen molar-refractivity contribution in [3.05, 3.63) is 0 Å². The zero-order valence-corrected chi connectivity index (χ0v) is 13.4. The highest BCUT2D eigenvalue weighted by Gasteiger charge is 2.42. The molecule has 108 valence electrons. The SMILES string of the molecule is CCC(C)(C#CCCC1CCC(C=O)C1(C)C)CC. The van der Waals surface area contributed by atoms with Crippen LogP contribution < -0.4 is 0 Å². The highest BCUT2D eigenvalue weighted by molar-refractivity contribution is 5.55. The molecule has 0 bridgehead atoms. The van der Waals surface area contributed by atoms with Crippen molar-refractivity contribution >= 4 is 6.29 Å². The molecule has 1 saturated carbocycles. The molecular formula is C18H30O. The van der Waals surface area contributed by atoms with Gasteiger partial charge in [-0.15, -0.1) is 5.92 Å². The average Bonchev–Trinajstić information content (AvgIpc) is 2.69. The number of hydrogen-bond acceptors (Lipinski definition) is 1. The predicted octanol–water partition coefficient (Wildman–Crippen LogP) is 4.85. The van der Waals surface area contributed by atoms with Crippen molar-refractivity contribution < 1.29 is 4.79 Å². The molecule has 0 spiro atoms. The maximum absolute atomic E-state index is 11.1. The Kier molecular flexibility index (Phi) is 5.65. The summed E-state index contributed by atoms with van der Waals surface area (Å²) in [6.07, 6.45) is 7.80. The highest BCUT2D eigenvalue weighted by atomic mass is 16.1. The first-order valence-corrected chi connectivity index (χ1v) is 7.85. The molecule has 1 heteroatoms. The standard InChI is InChI=1S/C18H30O/c1-6-18(5,7-2)13-9-8-10-15-11-12-16(14-19)17(15,3)4/h14-16H,6-8,10-12H2,1-5H3. The largest absolute Gasteiger partial charge is 0.303 e. The van der Waals surface area contributed by atoms with Crippen molar-refractivity contribution in [1.82, 2.24) is 0 Å². The Balaban J connectivity index is 2.51. The summed E-state index contributed by atoms with van der Waals surface area (Å²) in [5.74, 6) is 7.75. The van der Waals surface area contributed by atoms with E-state index in [-0.39, 0.29) is 16.7 Å².